The van der Waals surface area contributed by atoms with E-state index in [0.717, 1.165) is 11.1 Å². The maximum absolute atomic E-state index is 12.3. The first-order valence-electron chi connectivity index (χ1n) is 6.41. The molecule has 1 atom stereocenters. The monoisotopic (exact) mass is 301 g/mol. The van der Waals surface area contributed by atoms with Crippen LogP contribution in [0.25, 0.3) is 11.1 Å². The number of carboxylic acids is 1. The maximum atomic E-state index is 12.3. The average Bonchev–Trinajstić information content (AvgIpc) is 2.97. The van der Waals surface area contributed by atoms with Crippen LogP contribution >= 0.6 is 11.3 Å². The molecule has 4 nitrogen and oxygen atoms in total. The number of hydrogen-bond donors (Lipinski definition) is 2. The van der Waals surface area contributed by atoms with Gasteiger partial charge in [0.25, 0.3) is 5.91 Å². The van der Waals surface area contributed by atoms with Crippen molar-refractivity contribution in [2.45, 2.75) is 12.5 Å². The van der Waals surface area contributed by atoms with Gasteiger partial charge in [-0.15, -0.1) is 17.9 Å². The Balaban J connectivity index is 2.23. The molecular formula is C16H15NO3S. The van der Waals surface area contributed by atoms with Gasteiger partial charge in [0.05, 0.1) is 4.88 Å². The number of hydrogen-bond acceptors (Lipinski definition) is 3. The van der Waals surface area contributed by atoms with Gasteiger partial charge in [0.1, 0.15) is 6.04 Å². The van der Waals surface area contributed by atoms with Crippen LogP contribution in [0.5, 0.6) is 0 Å². The fourth-order valence-corrected chi connectivity index (χ4v) is 2.76. The van der Waals surface area contributed by atoms with Crippen LogP contribution < -0.4 is 5.32 Å². The van der Waals surface area contributed by atoms with Crippen molar-refractivity contribution in [1.29, 1.82) is 0 Å². The highest BCUT2D eigenvalue weighted by molar-refractivity contribution is 7.12. The van der Waals surface area contributed by atoms with E-state index in [0.29, 0.717) is 4.88 Å². The molecule has 0 aliphatic heterocycles. The van der Waals surface area contributed by atoms with Gasteiger partial charge < -0.3 is 10.4 Å². The lowest BCUT2D eigenvalue weighted by molar-refractivity contribution is -0.139. The number of thiophene rings is 1. The van der Waals surface area contributed by atoms with Crippen LogP contribution in [-0.4, -0.2) is 23.0 Å². The van der Waals surface area contributed by atoms with E-state index in [2.05, 4.69) is 11.9 Å². The van der Waals surface area contributed by atoms with Gasteiger partial charge in [-0.25, -0.2) is 4.79 Å². The van der Waals surface area contributed by atoms with Crippen molar-refractivity contribution >= 4 is 23.2 Å². The van der Waals surface area contributed by atoms with Crippen LogP contribution in [0.2, 0.25) is 0 Å². The first-order valence-corrected chi connectivity index (χ1v) is 7.29. The van der Waals surface area contributed by atoms with Crippen molar-refractivity contribution in [3.8, 4) is 11.1 Å². The number of carboxylic acid groups (broad SMARTS) is 1. The molecule has 0 fully saturated rings. The second-order valence-electron chi connectivity index (χ2n) is 4.42. The number of aliphatic carboxylic acids is 1. The molecule has 0 aliphatic rings. The van der Waals surface area contributed by atoms with Crippen LogP contribution in [0.3, 0.4) is 0 Å². The van der Waals surface area contributed by atoms with Crippen molar-refractivity contribution < 1.29 is 14.7 Å². The summed E-state index contributed by atoms with van der Waals surface area (Å²) in [5.74, 6) is -1.45. The zero-order valence-corrected chi connectivity index (χ0v) is 12.1. The van der Waals surface area contributed by atoms with Crippen molar-refractivity contribution in [2.24, 2.45) is 0 Å². The molecule has 1 amide bonds. The summed E-state index contributed by atoms with van der Waals surface area (Å²) in [6, 6.07) is 10.4. The molecule has 2 rings (SSSR count). The standard InChI is InChI=1S/C16H15NO3S/c1-2-6-13(16(19)20)17-15(18)14-12(9-10-21-14)11-7-4-3-5-8-11/h2-5,7-10,13H,1,6H2,(H,17,18)(H,19,20). The van der Waals surface area contributed by atoms with E-state index in [4.69, 9.17) is 5.11 Å². The molecule has 108 valence electrons. The Morgan fingerprint density at radius 2 is 2.00 bits per heavy atom. The Morgan fingerprint density at radius 1 is 1.29 bits per heavy atom. The Labute approximate surface area is 126 Å². The van der Waals surface area contributed by atoms with E-state index < -0.39 is 12.0 Å². The highest BCUT2D eigenvalue weighted by atomic mass is 32.1. The average molecular weight is 301 g/mol. The molecule has 1 heterocycles. The van der Waals surface area contributed by atoms with E-state index in [9.17, 15) is 9.59 Å². The molecule has 2 N–H and O–H groups in total. The second kappa shape index (κ2) is 6.85. The Kier molecular flexibility index (Phi) is 4.90. The van der Waals surface area contributed by atoms with Crippen LogP contribution in [-0.2, 0) is 4.79 Å². The molecule has 2 aromatic rings. The molecule has 1 aromatic heterocycles. The van der Waals surface area contributed by atoms with Gasteiger partial charge in [-0.3, -0.25) is 4.79 Å². The lowest BCUT2D eigenvalue weighted by atomic mass is 10.1. The molecular weight excluding hydrogens is 286 g/mol. The molecule has 0 radical (unpaired) electrons. The number of amides is 1. The first-order chi connectivity index (χ1) is 10.1. The minimum Gasteiger partial charge on any atom is -0.480 e. The predicted molar refractivity (Wildman–Crippen MR) is 83.5 cm³/mol. The molecule has 5 heteroatoms. The highest BCUT2D eigenvalue weighted by Gasteiger charge is 2.21. The van der Waals surface area contributed by atoms with E-state index in [1.807, 2.05) is 41.8 Å². The fraction of sp³-hybridized carbons (Fsp3) is 0.125. The smallest absolute Gasteiger partial charge is 0.326 e. The van der Waals surface area contributed by atoms with E-state index >= 15 is 0 Å². The molecule has 0 spiro atoms. The minimum atomic E-state index is -1.07. The quantitative estimate of drug-likeness (QED) is 0.805. The van der Waals surface area contributed by atoms with Crippen molar-refractivity contribution in [2.75, 3.05) is 0 Å². The lowest BCUT2D eigenvalue weighted by Crippen LogP contribution is -2.40. The van der Waals surface area contributed by atoms with Crippen molar-refractivity contribution in [3.63, 3.8) is 0 Å². The minimum absolute atomic E-state index is 0.188. The van der Waals surface area contributed by atoms with E-state index in [1.165, 1.54) is 17.4 Å². The summed E-state index contributed by atoms with van der Waals surface area (Å²) >= 11 is 1.29. The molecule has 0 aliphatic carbocycles. The van der Waals surface area contributed by atoms with Crippen LogP contribution in [0.4, 0.5) is 0 Å². The maximum Gasteiger partial charge on any atom is 0.326 e. The molecule has 21 heavy (non-hydrogen) atoms. The SMILES string of the molecule is C=CCC(NC(=O)c1sccc1-c1ccccc1)C(=O)O. The van der Waals surface area contributed by atoms with Gasteiger partial charge in [0.2, 0.25) is 0 Å². The summed E-state index contributed by atoms with van der Waals surface area (Å²) in [6.45, 7) is 3.51. The summed E-state index contributed by atoms with van der Waals surface area (Å²) in [5, 5.41) is 13.4. The molecule has 1 unspecified atom stereocenters. The Morgan fingerprint density at radius 3 is 2.62 bits per heavy atom. The third-order valence-corrected chi connectivity index (χ3v) is 3.88. The highest BCUT2D eigenvalue weighted by Crippen LogP contribution is 2.28. The summed E-state index contributed by atoms with van der Waals surface area (Å²) in [7, 11) is 0. The normalized spacial score (nSPS) is 11.6. The number of benzene rings is 1. The zero-order chi connectivity index (χ0) is 15.2. The van der Waals surface area contributed by atoms with Crippen LogP contribution in [0, 0.1) is 0 Å². The van der Waals surface area contributed by atoms with Crippen molar-refractivity contribution in [3.05, 3.63) is 59.3 Å². The summed E-state index contributed by atoms with van der Waals surface area (Å²) in [4.78, 5) is 23.9. The second-order valence-corrected chi connectivity index (χ2v) is 5.33. The largest absolute Gasteiger partial charge is 0.480 e. The Hall–Kier alpha value is -2.40. The van der Waals surface area contributed by atoms with Gasteiger partial charge in [-0.05, 0) is 23.4 Å². The van der Waals surface area contributed by atoms with Gasteiger partial charge in [0.15, 0.2) is 0 Å². The van der Waals surface area contributed by atoms with Crippen LogP contribution in [0.1, 0.15) is 16.1 Å². The van der Waals surface area contributed by atoms with Gasteiger partial charge >= 0.3 is 5.97 Å². The lowest BCUT2D eigenvalue weighted by Gasteiger charge is -2.12. The van der Waals surface area contributed by atoms with Crippen LogP contribution in [0.15, 0.2) is 54.4 Å². The summed E-state index contributed by atoms with van der Waals surface area (Å²) < 4.78 is 0. The topological polar surface area (TPSA) is 66.4 Å². The third-order valence-electron chi connectivity index (χ3n) is 2.96. The zero-order valence-electron chi connectivity index (χ0n) is 11.3. The molecule has 0 saturated carbocycles. The van der Waals surface area contributed by atoms with E-state index in [-0.39, 0.29) is 12.3 Å². The fourth-order valence-electron chi connectivity index (χ4n) is 1.94. The first kappa shape index (κ1) is 15.0. The molecule has 1 aromatic carbocycles. The number of nitrogens with one attached hydrogen (secondary N) is 1. The number of carbonyl (C=O) groups is 2. The summed E-state index contributed by atoms with van der Waals surface area (Å²) in [5.41, 5.74) is 1.74. The van der Waals surface area contributed by atoms with E-state index in [1.54, 1.807) is 0 Å². The number of carbonyl (C=O) groups excluding carboxylic acids is 1. The molecule has 0 bridgehead atoms. The molecule has 0 saturated heterocycles. The van der Waals surface area contributed by atoms with Gasteiger partial charge in [-0.1, -0.05) is 36.4 Å². The van der Waals surface area contributed by atoms with Crippen molar-refractivity contribution in [1.82, 2.24) is 5.32 Å². The summed E-state index contributed by atoms with van der Waals surface area (Å²) in [6.07, 6.45) is 1.67. The number of rotatable bonds is 6. The Bertz CT molecular complexity index is 649. The predicted octanol–water partition coefficient (Wildman–Crippen LogP) is 3.17. The third kappa shape index (κ3) is 3.58. The van der Waals surface area contributed by atoms with Gasteiger partial charge in [-0.2, -0.15) is 0 Å². The van der Waals surface area contributed by atoms with Gasteiger partial charge in [0, 0.05) is 5.56 Å².